The molecule has 0 aromatic heterocycles. The van der Waals surface area contributed by atoms with Crippen molar-refractivity contribution < 1.29 is 52.0 Å². The molecule has 0 aromatic rings. The highest BCUT2D eigenvalue weighted by molar-refractivity contribution is 8.04. The van der Waals surface area contributed by atoms with Gasteiger partial charge in [0.2, 0.25) is 0 Å². The third-order valence-corrected chi connectivity index (χ3v) is 4.83. The van der Waals surface area contributed by atoms with Crippen LogP contribution in [0.5, 0.6) is 0 Å². The lowest BCUT2D eigenvalue weighted by atomic mass is 11.4. The predicted molar refractivity (Wildman–Crippen MR) is 37.8 cm³/mol. The van der Waals surface area contributed by atoms with E-state index < -0.39 is 41.3 Å². The smallest absolute Gasteiger partial charge is 0.201 e. The molecule has 5 nitrogen and oxygen atoms in total. The molecule has 18 heavy (non-hydrogen) atoms. The minimum absolute atomic E-state index is 2.93. The summed E-state index contributed by atoms with van der Waals surface area (Å²) in [6.45, 7) is -5.08. The van der Waals surface area contributed by atoms with Gasteiger partial charge in [0.05, 0.1) is 0 Å². The zero-order valence-electron chi connectivity index (χ0n) is 7.50. The summed E-state index contributed by atoms with van der Waals surface area (Å²) < 4.78 is 133. The highest BCUT2D eigenvalue weighted by Crippen LogP contribution is 2.37. The van der Waals surface area contributed by atoms with Crippen LogP contribution in [0.3, 0.4) is 0 Å². The molecule has 0 N–H and O–H groups in total. The van der Waals surface area contributed by atoms with E-state index in [1.165, 1.54) is 0 Å². The molecule has 0 saturated heterocycles. The van der Waals surface area contributed by atoms with E-state index in [0.29, 0.717) is 0 Å². The maximum absolute atomic E-state index is 11.9. The minimum atomic E-state index is -7.40. The monoisotopic (exact) mass is 331 g/mol. The third kappa shape index (κ3) is 2.82. The molecule has 0 saturated carbocycles. The van der Waals surface area contributed by atoms with Crippen LogP contribution < -0.4 is 0 Å². The summed E-state index contributed by atoms with van der Waals surface area (Å²) in [4.78, 5) is 0. The molecular weight excluding hydrogens is 330 g/mol. The highest BCUT2D eigenvalue weighted by atomic mass is 32.3. The molecule has 110 valence electrons. The fraction of sp³-hybridized carbons (Fsp3) is 1.00. The Balaban J connectivity index is 6.14. The quantitative estimate of drug-likeness (QED) is 0.576. The van der Waals surface area contributed by atoms with Gasteiger partial charge in [-0.2, -0.15) is 35.1 Å². The van der Waals surface area contributed by atoms with Crippen molar-refractivity contribution in [3.8, 4) is 0 Å². The summed E-state index contributed by atoms with van der Waals surface area (Å²) in [5.41, 5.74) is -13.3. The lowest BCUT2D eigenvalue weighted by Crippen LogP contribution is -2.51. The number of halogens is 8. The Labute approximate surface area is 94.1 Å². The maximum atomic E-state index is 11.9. The number of hydrogen-bond acceptors (Lipinski definition) is 4. The Morgan fingerprint density at radius 3 is 1.06 bits per heavy atom. The van der Waals surface area contributed by atoms with Crippen molar-refractivity contribution in [1.29, 1.82) is 0 Å². The molecule has 0 rings (SSSR count). The zero-order chi connectivity index (χ0) is 15.2. The lowest BCUT2D eigenvalue weighted by Gasteiger charge is -2.22. The van der Waals surface area contributed by atoms with E-state index in [9.17, 15) is 52.0 Å². The Morgan fingerprint density at radius 1 is 0.722 bits per heavy atom. The molecule has 0 atom stereocenters. The van der Waals surface area contributed by atoms with E-state index in [4.69, 9.17) is 0 Å². The van der Waals surface area contributed by atoms with E-state index >= 15 is 0 Å². The van der Waals surface area contributed by atoms with Gasteiger partial charge in [-0.25, -0.2) is 16.8 Å². The second-order valence-corrected chi connectivity index (χ2v) is 6.25. The Kier molecular flexibility index (Phi) is 4.27. The van der Waals surface area contributed by atoms with Gasteiger partial charge in [-0.1, -0.05) is 0 Å². The summed E-state index contributed by atoms with van der Waals surface area (Å²) in [5, 5.41) is 0. The standard InChI is InChI=1S/C3HF8NO4S2/c4-1(5)12(17(13,14)2(6,7)8)18(15,16)3(9,10)11/h1H. The van der Waals surface area contributed by atoms with Crippen molar-refractivity contribution in [2.24, 2.45) is 0 Å². The van der Waals surface area contributed by atoms with E-state index in [1.54, 1.807) is 0 Å². The van der Waals surface area contributed by atoms with E-state index in [2.05, 4.69) is 0 Å². The summed E-state index contributed by atoms with van der Waals surface area (Å²) in [5.74, 6) is 0. The maximum Gasteiger partial charge on any atom is 0.512 e. The van der Waals surface area contributed by atoms with Gasteiger partial charge in [-0.3, -0.25) is 0 Å². The second kappa shape index (κ2) is 4.44. The van der Waals surface area contributed by atoms with Crippen LogP contribution in [0, 0.1) is 0 Å². The van der Waals surface area contributed by atoms with Gasteiger partial charge < -0.3 is 0 Å². The van der Waals surface area contributed by atoms with Crippen LogP contribution in [-0.2, 0) is 20.0 Å². The molecule has 0 unspecified atom stereocenters. The zero-order valence-corrected chi connectivity index (χ0v) is 9.13. The van der Waals surface area contributed by atoms with Crippen LogP contribution in [0.1, 0.15) is 0 Å². The summed E-state index contributed by atoms with van der Waals surface area (Å²) in [7, 11) is -14.8. The SMILES string of the molecule is O=S(=O)(N(C(F)F)S(=O)(=O)C(F)(F)F)C(F)(F)F. The van der Waals surface area contributed by atoms with Gasteiger partial charge in [0, 0.05) is 0 Å². The van der Waals surface area contributed by atoms with Crippen molar-refractivity contribution in [2.75, 3.05) is 0 Å². The van der Waals surface area contributed by atoms with Crippen LogP contribution in [0.25, 0.3) is 0 Å². The molecule has 0 aliphatic carbocycles. The molecule has 0 amide bonds. The number of nitrogens with zero attached hydrogens (tertiary/aromatic N) is 1. The molecule has 0 radical (unpaired) electrons. The first-order valence-corrected chi connectivity index (χ1v) is 6.15. The molecule has 0 bridgehead atoms. The first kappa shape index (κ1) is 17.3. The van der Waals surface area contributed by atoms with Crippen molar-refractivity contribution in [2.45, 2.75) is 17.6 Å². The van der Waals surface area contributed by atoms with Crippen LogP contribution in [-0.4, -0.2) is 38.1 Å². The van der Waals surface area contributed by atoms with Gasteiger partial charge in [-0.05, 0) is 3.71 Å². The molecule has 0 aromatic carbocycles. The fourth-order valence-electron chi connectivity index (χ4n) is 0.543. The summed E-state index contributed by atoms with van der Waals surface area (Å²) >= 11 is 0. The Bertz CT molecular complexity index is 455. The molecule has 0 spiro atoms. The van der Waals surface area contributed by atoms with Crippen LogP contribution in [0.15, 0.2) is 0 Å². The molecule has 0 fully saturated rings. The molecule has 0 heterocycles. The van der Waals surface area contributed by atoms with Crippen LogP contribution in [0.4, 0.5) is 35.1 Å². The normalized spacial score (nSPS) is 15.4. The van der Waals surface area contributed by atoms with Crippen LogP contribution in [0.2, 0.25) is 0 Å². The molecule has 0 aliphatic rings. The van der Waals surface area contributed by atoms with Gasteiger partial charge in [-0.15, -0.1) is 0 Å². The second-order valence-electron chi connectivity index (χ2n) is 2.40. The molecular formula is C3HF8NO4S2. The van der Waals surface area contributed by atoms with Crippen molar-refractivity contribution >= 4 is 20.0 Å². The van der Waals surface area contributed by atoms with E-state index in [0.717, 1.165) is 0 Å². The average molecular weight is 331 g/mol. The fourth-order valence-corrected chi connectivity index (χ4v) is 2.91. The average Bonchev–Trinajstić information content (AvgIpc) is 1.96. The molecule has 0 aliphatic heterocycles. The van der Waals surface area contributed by atoms with Gasteiger partial charge in [0.1, 0.15) is 0 Å². The number of alkyl halides is 8. The third-order valence-electron chi connectivity index (χ3n) is 1.22. The topological polar surface area (TPSA) is 71.5 Å². The van der Waals surface area contributed by atoms with Crippen molar-refractivity contribution in [1.82, 2.24) is 3.71 Å². The number of hydrogen-bond donors (Lipinski definition) is 0. The van der Waals surface area contributed by atoms with Gasteiger partial charge >= 0.3 is 37.6 Å². The van der Waals surface area contributed by atoms with Gasteiger partial charge in [0.15, 0.2) is 0 Å². The van der Waals surface area contributed by atoms with Crippen LogP contribution >= 0.6 is 0 Å². The largest absolute Gasteiger partial charge is 0.512 e. The minimum Gasteiger partial charge on any atom is -0.201 e. The Hall–Kier alpha value is -0.700. The lowest BCUT2D eigenvalue weighted by molar-refractivity contribution is -0.0633. The number of sulfonamides is 2. The highest BCUT2D eigenvalue weighted by Gasteiger charge is 2.64. The molecule has 15 heteroatoms. The summed E-state index contributed by atoms with van der Waals surface area (Å²) in [6, 6.07) is 0. The van der Waals surface area contributed by atoms with E-state index in [-0.39, 0.29) is 0 Å². The van der Waals surface area contributed by atoms with Gasteiger partial charge in [0.25, 0.3) is 0 Å². The van der Waals surface area contributed by atoms with Crippen molar-refractivity contribution in [3.63, 3.8) is 0 Å². The Morgan fingerprint density at radius 2 is 0.944 bits per heavy atom. The summed E-state index contributed by atoms with van der Waals surface area (Å²) in [6.07, 6.45) is 0. The predicted octanol–water partition coefficient (Wildman–Crippen LogP) is 1.21. The van der Waals surface area contributed by atoms with Crippen molar-refractivity contribution in [3.05, 3.63) is 0 Å². The van der Waals surface area contributed by atoms with E-state index in [1.807, 2.05) is 0 Å². The number of rotatable bonds is 3. The first-order chi connectivity index (χ1) is 7.57. The first-order valence-electron chi connectivity index (χ1n) is 3.27.